The molecule has 0 bridgehead atoms. The minimum Gasteiger partial charge on any atom is -0.394 e. The fraction of sp³-hybridized carbons (Fsp3) is 0.700. The van der Waals surface area contributed by atoms with Gasteiger partial charge in [-0.05, 0) is 12.5 Å². The van der Waals surface area contributed by atoms with Crippen LogP contribution in [0.25, 0.3) is 0 Å². The molecular weight excluding hydrogens is 245 g/mol. The summed E-state index contributed by atoms with van der Waals surface area (Å²) in [6.07, 6.45) is -2.24. The predicted octanol–water partition coefficient (Wildman–Crippen LogP) is -0.733. The Hall–Kier alpha value is -1.38. The first kappa shape index (κ1) is 13.1. The van der Waals surface area contributed by atoms with E-state index in [0.29, 0.717) is 5.57 Å². The number of carbonyl (C=O) groups is 1. The second-order valence-corrected chi connectivity index (χ2v) is 4.47. The molecule has 0 spiro atoms. The molecule has 0 unspecified atom stereocenters. The molecule has 0 aromatic heterocycles. The van der Waals surface area contributed by atoms with Crippen molar-refractivity contribution >= 4 is 6.03 Å². The molecule has 18 heavy (non-hydrogen) atoms. The molecule has 102 valence electrons. The van der Waals surface area contributed by atoms with Crippen molar-refractivity contribution in [2.45, 2.75) is 31.8 Å². The standard InChI is InChI=1S/C10H16FN3O4/c1-5-3-13(10(17)14(11)9(5)12)8-2-6(16)7(4-15)18-8/h6-8,15-16H,2-4,12H2,1H3/t6-,7+,8+/m0/s1. The Morgan fingerprint density at radius 1 is 1.61 bits per heavy atom. The number of hydrogen-bond donors (Lipinski definition) is 3. The van der Waals surface area contributed by atoms with Gasteiger partial charge in [0.05, 0.1) is 12.7 Å². The molecule has 8 heteroatoms. The van der Waals surface area contributed by atoms with Crippen LogP contribution in [0.15, 0.2) is 11.4 Å². The summed E-state index contributed by atoms with van der Waals surface area (Å²) >= 11 is 0. The van der Waals surface area contributed by atoms with E-state index in [-0.39, 0.29) is 30.5 Å². The van der Waals surface area contributed by atoms with E-state index in [0.717, 1.165) is 4.90 Å². The van der Waals surface area contributed by atoms with Crippen molar-refractivity contribution in [3.05, 3.63) is 11.4 Å². The number of hydrogen-bond acceptors (Lipinski definition) is 5. The van der Waals surface area contributed by atoms with E-state index >= 15 is 0 Å². The summed E-state index contributed by atoms with van der Waals surface area (Å²) in [6.45, 7) is 1.40. The van der Waals surface area contributed by atoms with Gasteiger partial charge in [0.15, 0.2) is 0 Å². The fourth-order valence-corrected chi connectivity index (χ4v) is 2.08. The SMILES string of the molecule is CC1=C(N)N(F)C(=O)N([C@H]2C[C@H](O)[C@@H](CO)O2)C1. The molecule has 0 radical (unpaired) electrons. The zero-order valence-electron chi connectivity index (χ0n) is 9.91. The first-order valence-electron chi connectivity index (χ1n) is 5.61. The number of aliphatic hydroxyl groups is 2. The third-order valence-corrected chi connectivity index (χ3v) is 3.20. The Labute approximate surface area is 103 Å². The number of carbonyl (C=O) groups excluding carboxylic acids is 1. The van der Waals surface area contributed by atoms with E-state index in [1.807, 2.05) is 0 Å². The second kappa shape index (κ2) is 4.71. The van der Waals surface area contributed by atoms with Crippen molar-refractivity contribution in [2.75, 3.05) is 13.2 Å². The number of rotatable bonds is 2. The molecule has 1 fully saturated rings. The van der Waals surface area contributed by atoms with Crippen molar-refractivity contribution in [2.24, 2.45) is 5.73 Å². The first-order chi connectivity index (χ1) is 8.45. The van der Waals surface area contributed by atoms with Crippen LogP contribution >= 0.6 is 0 Å². The minimum absolute atomic E-state index is 0.137. The van der Waals surface area contributed by atoms with Crippen molar-refractivity contribution in [3.8, 4) is 0 Å². The van der Waals surface area contributed by atoms with Crippen LogP contribution in [0.4, 0.5) is 9.28 Å². The van der Waals surface area contributed by atoms with Crippen LogP contribution in [-0.2, 0) is 4.74 Å². The van der Waals surface area contributed by atoms with Gasteiger partial charge in [0.1, 0.15) is 18.2 Å². The van der Waals surface area contributed by atoms with Gasteiger partial charge in [0.25, 0.3) is 0 Å². The molecule has 0 aromatic carbocycles. The van der Waals surface area contributed by atoms with Gasteiger partial charge >= 0.3 is 6.03 Å². The smallest absolute Gasteiger partial charge is 0.356 e. The van der Waals surface area contributed by atoms with Crippen molar-refractivity contribution in [1.82, 2.24) is 10.0 Å². The van der Waals surface area contributed by atoms with Crippen molar-refractivity contribution in [1.29, 1.82) is 0 Å². The lowest BCUT2D eigenvalue weighted by molar-refractivity contribution is -0.0744. The van der Waals surface area contributed by atoms with E-state index in [4.69, 9.17) is 15.6 Å². The van der Waals surface area contributed by atoms with Gasteiger partial charge in [-0.25, -0.2) is 4.79 Å². The number of halogens is 1. The molecule has 2 heterocycles. The second-order valence-electron chi connectivity index (χ2n) is 4.47. The molecule has 1 saturated heterocycles. The topological polar surface area (TPSA) is 99.3 Å². The Bertz CT molecular complexity index is 389. The van der Waals surface area contributed by atoms with Crippen LogP contribution in [0, 0.1) is 0 Å². The highest BCUT2D eigenvalue weighted by Crippen LogP contribution is 2.28. The number of urea groups is 1. The highest BCUT2D eigenvalue weighted by atomic mass is 19.2. The molecule has 0 aliphatic carbocycles. The molecule has 4 N–H and O–H groups in total. The van der Waals surface area contributed by atoms with Crippen molar-refractivity contribution < 1.29 is 24.2 Å². The fourth-order valence-electron chi connectivity index (χ4n) is 2.08. The van der Waals surface area contributed by atoms with Gasteiger partial charge in [0.2, 0.25) is 0 Å². The number of ether oxygens (including phenoxy) is 1. The third kappa shape index (κ3) is 2.02. The first-order valence-corrected chi connectivity index (χ1v) is 5.61. The van der Waals surface area contributed by atoms with Gasteiger partial charge in [-0.3, -0.25) is 4.90 Å². The Balaban J connectivity index is 2.14. The van der Waals surface area contributed by atoms with E-state index in [9.17, 15) is 14.4 Å². The van der Waals surface area contributed by atoms with Crippen molar-refractivity contribution in [3.63, 3.8) is 0 Å². The van der Waals surface area contributed by atoms with Crippen LogP contribution in [0.2, 0.25) is 0 Å². The summed E-state index contributed by atoms with van der Waals surface area (Å²) in [4.78, 5) is 12.9. The molecule has 2 rings (SSSR count). The van der Waals surface area contributed by atoms with Crippen LogP contribution in [-0.4, -0.2) is 57.9 Å². The number of nitrogens with two attached hydrogens (primary N) is 1. The highest BCUT2D eigenvalue weighted by molar-refractivity contribution is 5.77. The van der Waals surface area contributed by atoms with E-state index in [1.54, 1.807) is 6.92 Å². The molecule has 0 aromatic rings. The summed E-state index contributed by atoms with van der Waals surface area (Å²) in [5.74, 6) is -0.214. The average Bonchev–Trinajstić information content (AvgIpc) is 2.72. The zero-order chi connectivity index (χ0) is 13.4. The summed E-state index contributed by atoms with van der Waals surface area (Å²) < 4.78 is 18.8. The summed E-state index contributed by atoms with van der Waals surface area (Å²) in [7, 11) is 0. The van der Waals surface area contributed by atoms with E-state index in [2.05, 4.69) is 0 Å². The molecule has 0 saturated carbocycles. The van der Waals surface area contributed by atoms with Gasteiger partial charge < -0.3 is 20.7 Å². The molecule has 7 nitrogen and oxygen atoms in total. The number of amides is 2. The number of nitrogens with zero attached hydrogens (tertiary/aromatic N) is 2. The average molecular weight is 261 g/mol. The minimum atomic E-state index is -0.922. The predicted molar refractivity (Wildman–Crippen MR) is 58.3 cm³/mol. The lowest BCUT2D eigenvalue weighted by atomic mass is 10.1. The maximum Gasteiger partial charge on any atom is 0.356 e. The normalized spacial score (nSPS) is 33.6. The molecule has 3 atom stereocenters. The monoisotopic (exact) mass is 261 g/mol. The van der Waals surface area contributed by atoms with Gasteiger partial charge in [-0.15, -0.1) is 5.12 Å². The zero-order valence-corrected chi connectivity index (χ0v) is 9.91. The largest absolute Gasteiger partial charge is 0.394 e. The van der Waals surface area contributed by atoms with Crippen LogP contribution in [0.5, 0.6) is 0 Å². The summed E-state index contributed by atoms with van der Waals surface area (Å²) in [6, 6.07) is -0.922. The van der Waals surface area contributed by atoms with Crippen LogP contribution < -0.4 is 5.73 Å². The quantitative estimate of drug-likeness (QED) is 0.569. The Morgan fingerprint density at radius 2 is 2.28 bits per heavy atom. The Morgan fingerprint density at radius 3 is 2.83 bits per heavy atom. The lowest BCUT2D eigenvalue weighted by Gasteiger charge is -2.34. The third-order valence-electron chi connectivity index (χ3n) is 3.20. The summed E-state index contributed by atoms with van der Waals surface area (Å²) in [5.41, 5.74) is 5.91. The Kier molecular flexibility index (Phi) is 3.42. The van der Waals surface area contributed by atoms with E-state index in [1.165, 1.54) is 0 Å². The van der Waals surface area contributed by atoms with Gasteiger partial charge in [-0.1, -0.05) is 4.48 Å². The van der Waals surface area contributed by atoms with E-state index < -0.39 is 24.5 Å². The molecule has 2 aliphatic rings. The summed E-state index contributed by atoms with van der Waals surface area (Å²) in [5, 5.41) is 18.4. The highest BCUT2D eigenvalue weighted by Gasteiger charge is 2.42. The van der Waals surface area contributed by atoms with Crippen LogP contribution in [0.1, 0.15) is 13.3 Å². The maximum absolute atomic E-state index is 13.5. The van der Waals surface area contributed by atoms with Gasteiger partial charge in [-0.2, -0.15) is 0 Å². The maximum atomic E-state index is 13.5. The molecule has 2 amide bonds. The lowest BCUT2D eigenvalue weighted by Crippen LogP contribution is -2.51. The van der Waals surface area contributed by atoms with Crippen LogP contribution in [0.3, 0.4) is 0 Å². The molecule has 2 aliphatic heterocycles. The molecular formula is C10H16FN3O4. The van der Waals surface area contributed by atoms with Gasteiger partial charge in [0, 0.05) is 13.0 Å². The number of aliphatic hydroxyl groups excluding tert-OH is 2.